The minimum absolute atomic E-state index is 0.203. The predicted octanol–water partition coefficient (Wildman–Crippen LogP) is 5.53. The van der Waals surface area contributed by atoms with E-state index in [-0.39, 0.29) is 5.97 Å². The molecule has 0 spiro atoms. The number of hydrogen-bond acceptors (Lipinski definition) is 3. The maximum absolute atomic E-state index is 12.2. The molecular formula is C19H34O3. The monoisotopic (exact) mass is 310 g/mol. The molecule has 0 radical (unpaired) electrons. The number of carbonyl (C=O) groups is 1. The first-order chi connectivity index (χ1) is 10.7. The zero-order valence-electron chi connectivity index (χ0n) is 14.8. The van der Waals surface area contributed by atoms with E-state index in [2.05, 4.69) is 13.8 Å². The van der Waals surface area contributed by atoms with E-state index in [0.29, 0.717) is 0 Å². The van der Waals surface area contributed by atoms with Gasteiger partial charge in [0.1, 0.15) is 0 Å². The van der Waals surface area contributed by atoms with Gasteiger partial charge in [-0.3, -0.25) is 0 Å². The van der Waals surface area contributed by atoms with Gasteiger partial charge in [0.25, 0.3) is 0 Å². The van der Waals surface area contributed by atoms with Crippen LogP contribution in [0.25, 0.3) is 0 Å². The molecule has 0 N–H and O–H groups in total. The largest absolute Gasteiger partial charge is 0.483 e. The Bertz CT molecular complexity index is 349. The van der Waals surface area contributed by atoms with Gasteiger partial charge < -0.3 is 9.47 Å². The van der Waals surface area contributed by atoms with Crippen LogP contribution in [0.4, 0.5) is 0 Å². The van der Waals surface area contributed by atoms with Crippen molar-refractivity contribution >= 4 is 5.97 Å². The van der Waals surface area contributed by atoms with Crippen LogP contribution < -0.4 is 0 Å². The highest BCUT2D eigenvalue weighted by Crippen LogP contribution is 2.34. The van der Waals surface area contributed by atoms with E-state index in [0.717, 1.165) is 38.5 Å². The summed E-state index contributed by atoms with van der Waals surface area (Å²) in [6.45, 7) is 4.42. The topological polar surface area (TPSA) is 35.5 Å². The van der Waals surface area contributed by atoms with Gasteiger partial charge in [0, 0.05) is 6.42 Å². The molecule has 1 unspecified atom stereocenters. The first kappa shape index (κ1) is 19.1. The molecule has 1 rings (SSSR count). The lowest BCUT2D eigenvalue weighted by Crippen LogP contribution is -2.43. The number of rotatable bonds is 11. The van der Waals surface area contributed by atoms with Gasteiger partial charge in [0.2, 0.25) is 5.60 Å². The third kappa shape index (κ3) is 6.02. The average molecular weight is 310 g/mol. The van der Waals surface area contributed by atoms with Crippen molar-refractivity contribution < 1.29 is 14.3 Å². The summed E-state index contributed by atoms with van der Waals surface area (Å²) in [5.74, 6) is -0.203. The van der Waals surface area contributed by atoms with Crippen molar-refractivity contribution in [3.8, 4) is 0 Å². The Hall–Kier alpha value is -0.990. The highest BCUT2D eigenvalue weighted by molar-refractivity contribution is 5.79. The summed E-state index contributed by atoms with van der Waals surface area (Å²) in [6.07, 6.45) is 15.2. The lowest BCUT2D eigenvalue weighted by molar-refractivity contribution is -0.166. The summed E-state index contributed by atoms with van der Waals surface area (Å²) in [4.78, 5) is 12.2. The van der Waals surface area contributed by atoms with E-state index in [4.69, 9.17) is 9.47 Å². The zero-order valence-corrected chi connectivity index (χ0v) is 14.8. The van der Waals surface area contributed by atoms with E-state index in [1.54, 1.807) is 0 Å². The predicted molar refractivity (Wildman–Crippen MR) is 90.7 cm³/mol. The first-order valence-corrected chi connectivity index (χ1v) is 9.12. The van der Waals surface area contributed by atoms with Gasteiger partial charge >= 0.3 is 5.97 Å². The fraction of sp³-hybridized carbons (Fsp3) is 0.842. The van der Waals surface area contributed by atoms with Gasteiger partial charge in [0.15, 0.2) is 0 Å². The number of esters is 1. The molecule has 3 nitrogen and oxygen atoms in total. The van der Waals surface area contributed by atoms with Gasteiger partial charge in [0.05, 0.1) is 13.4 Å². The van der Waals surface area contributed by atoms with E-state index in [9.17, 15) is 4.79 Å². The average Bonchev–Trinajstić information content (AvgIpc) is 2.56. The Morgan fingerprint density at radius 2 is 1.82 bits per heavy atom. The van der Waals surface area contributed by atoms with Crippen LogP contribution in [0.2, 0.25) is 0 Å². The molecule has 1 aliphatic rings. The molecule has 0 aromatic carbocycles. The number of methoxy groups -OCH3 is 1. The smallest absolute Gasteiger partial charge is 0.350 e. The van der Waals surface area contributed by atoms with Crippen molar-refractivity contribution in [2.24, 2.45) is 0 Å². The first-order valence-electron chi connectivity index (χ1n) is 9.12. The van der Waals surface area contributed by atoms with Crippen molar-refractivity contribution in [2.45, 2.75) is 96.5 Å². The number of carbonyl (C=O) groups excluding carboxylic acids is 1. The minimum atomic E-state index is -0.727. The molecule has 1 heterocycles. The van der Waals surface area contributed by atoms with Crippen molar-refractivity contribution in [3.63, 3.8) is 0 Å². The van der Waals surface area contributed by atoms with Crippen LogP contribution >= 0.6 is 0 Å². The van der Waals surface area contributed by atoms with E-state index < -0.39 is 5.60 Å². The van der Waals surface area contributed by atoms with Gasteiger partial charge in [-0.2, -0.15) is 0 Å². The maximum atomic E-state index is 12.2. The van der Waals surface area contributed by atoms with Crippen LogP contribution in [0.15, 0.2) is 11.8 Å². The molecule has 0 aromatic rings. The molecule has 22 heavy (non-hydrogen) atoms. The van der Waals surface area contributed by atoms with Crippen LogP contribution in [0.5, 0.6) is 0 Å². The van der Waals surface area contributed by atoms with Crippen molar-refractivity contribution in [3.05, 3.63) is 11.8 Å². The second kappa shape index (κ2) is 10.7. The highest BCUT2D eigenvalue weighted by Gasteiger charge is 2.42. The Labute approximate surface area is 136 Å². The van der Waals surface area contributed by atoms with Crippen LogP contribution in [0.3, 0.4) is 0 Å². The zero-order chi connectivity index (χ0) is 16.3. The van der Waals surface area contributed by atoms with Gasteiger partial charge in [-0.25, -0.2) is 4.79 Å². The normalized spacial score (nSPS) is 21.1. The summed E-state index contributed by atoms with van der Waals surface area (Å²) in [5.41, 5.74) is 0.624. The molecule has 1 atom stereocenters. The molecule has 0 saturated heterocycles. The van der Waals surface area contributed by atoms with Crippen molar-refractivity contribution in [1.82, 2.24) is 0 Å². The maximum Gasteiger partial charge on any atom is 0.350 e. The van der Waals surface area contributed by atoms with Crippen LogP contribution in [-0.2, 0) is 14.3 Å². The second-order valence-corrected chi connectivity index (χ2v) is 6.50. The molecule has 128 valence electrons. The molecule has 3 heteroatoms. The van der Waals surface area contributed by atoms with Crippen LogP contribution in [-0.4, -0.2) is 18.7 Å². The van der Waals surface area contributed by atoms with Crippen LogP contribution in [0, 0.1) is 0 Å². The number of allylic oxidation sites excluding steroid dienone is 1. The standard InChI is InChI=1S/C19H34O3/c1-4-6-8-10-12-17-13-15-19(22-16-17,18(20)21-3)14-11-9-7-5-2/h16H,4-15H2,1-3H3. The molecule has 1 aliphatic heterocycles. The highest BCUT2D eigenvalue weighted by atomic mass is 16.6. The van der Waals surface area contributed by atoms with Crippen molar-refractivity contribution in [2.75, 3.05) is 7.11 Å². The van der Waals surface area contributed by atoms with Gasteiger partial charge in [-0.1, -0.05) is 52.4 Å². The second-order valence-electron chi connectivity index (χ2n) is 6.50. The molecular weight excluding hydrogens is 276 g/mol. The Morgan fingerprint density at radius 3 is 2.36 bits per heavy atom. The quantitative estimate of drug-likeness (QED) is 0.371. The number of ether oxygens (including phenoxy) is 2. The fourth-order valence-corrected chi connectivity index (χ4v) is 3.10. The Balaban J connectivity index is 2.50. The van der Waals surface area contributed by atoms with E-state index in [1.165, 1.54) is 51.2 Å². The Morgan fingerprint density at radius 1 is 1.14 bits per heavy atom. The van der Waals surface area contributed by atoms with E-state index >= 15 is 0 Å². The molecule has 0 fully saturated rings. The van der Waals surface area contributed by atoms with Gasteiger partial charge in [-0.05, 0) is 37.7 Å². The molecule has 0 saturated carbocycles. The number of hydrogen-bond donors (Lipinski definition) is 0. The summed E-state index contributed by atoms with van der Waals surface area (Å²) in [5, 5.41) is 0. The third-order valence-electron chi connectivity index (χ3n) is 4.64. The SMILES string of the molecule is CCCCCCC1=COC(CCCCCC)(C(=O)OC)CC1. The molecule has 0 amide bonds. The summed E-state index contributed by atoms with van der Waals surface area (Å²) >= 11 is 0. The van der Waals surface area contributed by atoms with E-state index in [1.807, 2.05) is 6.26 Å². The fourth-order valence-electron chi connectivity index (χ4n) is 3.10. The summed E-state index contributed by atoms with van der Waals surface area (Å²) < 4.78 is 10.9. The summed E-state index contributed by atoms with van der Waals surface area (Å²) in [6, 6.07) is 0. The van der Waals surface area contributed by atoms with Crippen LogP contribution in [0.1, 0.15) is 90.9 Å². The third-order valence-corrected chi connectivity index (χ3v) is 4.64. The molecule has 0 aromatic heterocycles. The lowest BCUT2D eigenvalue weighted by Gasteiger charge is -2.34. The van der Waals surface area contributed by atoms with Crippen molar-refractivity contribution in [1.29, 1.82) is 0 Å². The minimum Gasteiger partial charge on any atom is -0.483 e. The Kier molecular flexibility index (Phi) is 9.26. The summed E-state index contributed by atoms with van der Waals surface area (Å²) in [7, 11) is 1.46. The number of unbranched alkanes of at least 4 members (excludes halogenated alkanes) is 6. The molecule has 0 aliphatic carbocycles. The van der Waals surface area contributed by atoms with Gasteiger partial charge in [-0.15, -0.1) is 0 Å². The molecule has 0 bridgehead atoms. The lowest BCUT2D eigenvalue weighted by atomic mass is 9.86.